The van der Waals surface area contributed by atoms with Crippen LogP contribution in [0.3, 0.4) is 0 Å². The van der Waals surface area contributed by atoms with Gasteiger partial charge in [0.2, 0.25) is 0 Å². The van der Waals surface area contributed by atoms with Crippen LogP contribution < -0.4 is 0 Å². The summed E-state index contributed by atoms with van der Waals surface area (Å²) in [6, 6.07) is 0. The summed E-state index contributed by atoms with van der Waals surface area (Å²) in [7, 11) is 0. The molecule has 0 aromatic heterocycles. The molecule has 0 rings (SSSR count). The van der Waals surface area contributed by atoms with Crippen LogP contribution in [0.15, 0.2) is 0 Å². The molecule has 0 aliphatic rings. The SMILES string of the molecule is CCC(C)(CCCOC(C)(C)CCCO)OCCCO. The van der Waals surface area contributed by atoms with E-state index >= 15 is 0 Å². The smallest absolute Gasteiger partial charge is 0.0652 e. The number of ether oxygens (including phenoxy) is 2. The van der Waals surface area contributed by atoms with E-state index in [0.717, 1.165) is 38.7 Å². The second kappa shape index (κ2) is 10.6. The van der Waals surface area contributed by atoms with Crippen molar-refractivity contribution in [2.24, 2.45) is 0 Å². The van der Waals surface area contributed by atoms with Crippen LogP contribution in [0.1, 0.15) is 66.2 Å². The summed E-state index contributed by atoms with van der Waals surface area (Å²) >= 11 is 0. The molecule has 4 nitrogen and oxygen atoms in total. The zero-order chi connectivity index (χ0) is 15.5. The third-order valence-electron chi connectivity index (χ3n) is 3.78. The molecule has 0 saturated heterocycles. The first-order chi connectivity index (χ1) is 9.39. The molecular weight excluding hydrogens is 256 g/mol. The van der Waals surface area contributed by atoms with E-state index in [-0.39, 0.29) is 24.4 Å². The second-order valence-electron chi connectivity index (χ2n) is 6.27. The maximum Gasteiger partial charge on any atom is 0.0652 e. The van der Waals surface area contributed by atoms with Crippen LogP contribution in [0.25, 0.3) is 0 Å². The summed E-state index contributed by atoms with van der Waals surface area (Å²) in [6.45, 7) is 10.1. The highest BCUT2D eigenvalue weighted by Gasteiger charge is 2.23. The van der Waals surface area contributed by atoms with Crippen LogP contribution in [-0.4, -0.2) is 47.8 Å². The summed E-state index contributed by atoms with van der Waals surface area (Å²) in [5, 5.41) is 17.6. The lowest BCUT2D eigenvalue weighted by molar-refractivity contribution is -0.0635. The molecule has 0 bridgehead atoms. The van der Waals surface area contributed by atoms with E-state index in [1.807, 2.05) is 0 Å². The second-order valence-corrected chi connectivity index (χ2v) is 6.27. The van der Waals surface area contributed by atoms with Gasteiger partial charge in [-0.15, -0.1) is 0 Å². The fourth-order valence-electron chi connectivity index (χ4n) is 2.11. The molecule has 2 N–H and O–H groups in total. The number of rotatable bonds is 13. The summed E-state index contributed by atoms with van der Waals surface area (Å²) in [4.78, 5) is 0. The zero-order valence-corrected chi connectivity index (χ0v) is 13.8. The lowest BCUT2D eigenvalue weighted by Crippen LogP contribution is -2.30. The normalized spacial score (nSPS) is 15.3. The van der Waals surface area contributed by atoms with Gasteiger partial charge in [0, 0.05) is 26.4 Å². The lowest BCUT2D eigenvalue weighted by atomic mass is 9.96. The first-order valence-electron chi connectivity index (χ1n) is 7.89. The number of aliphatic hydroxyl groups excluding tert-OH is 2. The minimum absolute atomic E-state index is 0.117. The molecule has 0 aromatic carbocycles. The Balaban J connectivity index is 3.89. The van der Waals surface area contributed by atoms with Gasteiger partial charge in [0.15, 0.2) is 0 Å². The molecule has 0 fully saturated rings. The number of aliphatic hydroxyl groups is 2. The van der Waals surface area contributed by atoms with Crippen molar-refractivity contribution in [2.45, 2.75) is 77.4 Å². The van der Waals surface area contributed by atoms with Crippen molar-refractivity contribution >= 4 is 0 Å². The van der Waals surface area contributed by atoms with Crippen molar-refractivity contribution in [3.05, 3.63) is 0 Å². The van der Waals surface area contributed by atoms with Gasteiger partial charge in [-0.1, -0.05) is 6.92 Å². The third-order valence-corrected chi connectivity index (χ3v) is 3.78. The average Bonchev–Trinajstić information content (AvgIpc) is 2.42. The van der Waals surface area contributed by atoms with Gasteiger partial charge < -0.3 is 19.7 Å². The Morgan fingerprint density at radius 1 is 0.800 bits per heavy atom. The van der Waals surface area contributed by atoms with E-state index < -0.39 is 0 Å². The molecule has 1 atom stereocenters. The van der Waals surface area contributed by atoms with Gasteiger partial charge >= 0.3 is 0 Å². The highest BCUT2D eigenvalue weighted by Crippen LogP contribution is 2.23. The van der Waals surface area contributed by atoms with Crippen molar-refractivity contribution in [1.29, 1.82) is 0 Å². The summed E-state index contributed by atoms with van der Waals surface area (Å²) in [5.74, 6) is 0. The Hall–Kier alpha value is -0.160. The topological polar surface area (TPSA) is 58.9 Å². The molecule has 0 aliphatic heterocycles. The Morgan fingerprint density at radius 3 is 1.95 bits per heavy atom. The molecule has 0 aromatic rings. The predicted octanol–water partition coefficient (Wildman–Crippen LogP) is 2.90. The van der Waals surface area contributed by atoms with Gasteiger partial charge in [-0.25, -0.2) is 0 Å². The minimum Gasteiger partial charge on any atom is -0.396 e. The molecular formula is C16H34O4. The van der Waals surface area contributed by atoms with Gasteiger partial charge in [0.25, 0.3) is 0 Å². The van der Waals surface area contributed by atoms with Crippen LogP contribution in [0, 0.1) is 0 Å². The predicted molar refractivity (Wildman–Crippen MR) is 81.9 cm³/mol. The van der Waals surface area contributed by atoms with Crippen molar-refractivity contribution in [3.8, 4) is 0 Å². The lowest BCUT2D eigenvalue weighted by Gasteiger charge is -2.30. The van der Waals surface area contributed by atoms with E-state index in [1.54, 1.807) is 0 Å². The number of hydrogen-bond acceptors (Lipinski definition) is 4. The molecule has 1 unspecified atom stereocenters. The standard InChI is InChI=1S/C16H34O4/c1-5-16(4,20-14-8-12-18)10-7-13-19-15(2,3)9-6-11-17/h17-18H,5-14H2,1-4H3. The van der Waals surface area contributed by atoms with Gasteiger partial charge in [0.05, 0.1) is 11.2 Å². The molecule has 4 heteroatoms. The summed E-state index contributed by atoms with van der Waals surface area (Å²) in [5.41, 5.74) is -0.281. The quantitative estimate of drug-likeness (QED) is 0.512. The van der Waals surface area contributed by atoms with Crippen molar-refractivity contribution < 1.29 is 19.7 Å². The number of hydrogen-bond donors (Lipinski definition) is 2. The molecule has 0 heterocycles. The zero-order valence-electron chi connectivity index (χ0n) is 13.8. The van der Waals surface area contributed by atoms with E-state index in [0.29, 0.717) is 13.0 Å². The summed E-state index contributed by atoms with van der Waals surface area (Å²) in [6.07, 6.45) is 5.25. The fourth-order valence-corrected chi connectivity index (χ4v) is 2.11. The molecule has 0 aliphatic carbocycles. The Kier molecular flexibility index (Phi) is 10.5. The molecule has 0 saturated carbocycles. The summed E-state index contributed by atoms with van der Waals surface area (Å²) < 4.78 is 11.8. The minimum atomic E-state index is -0.164. The largest absolute Gasteiger partial charge is 0.396 e. The van der Waals surface area contributed by atoms with Crippen LogP contribution in [0.5, 0.6) is 0 Å². The average molecular weight is 290 g/mol. The first-order valence-corrected chi connectivity index (χ1v) is 7.89. The molecule has 0 amide bonds. The molecule has 0 radical (unpaired) electrons. The molecule has 0 spiro atoms. The van der Waals surface area contributed by atoms with Crippen molar-refractivity contribution in [3.63, 3.8) is 0 Å². The van der Waals surface area contributed by atoms with Gasteiger partial charge in [-0.05, 0) is 59.3 Å². The highest BCUT2D eigenvalue weighted by atomic mass is 16.5. The van der Waals surface area contributed by atoms with Gasteiger partial charge in [0.1, 0.15) is 0 Å². The van der Waals surface area contributed by atoms with Gasteiger partial charge in [-0.2, -0.15) is 0 Å². The highest BCUT2D eigenvalue weighted by molar-refractivity contribution is 4.74. The van der Waals surface area contributed by atoms with Crippen molar-refractivity contribution in [2.75, 3.05) is 26.4 Å². The maximum absolute atomic E-state index is 8.85. The van der Waals surface area contributed by atoms with E-state index in [9.17, 15) is 0 Å². The van der Waals surface area contributed by atoms with E-state index in [4.69, 9.17) is 19.7 Å². The maximum atomic E-state index is 8.85. The van der Waals surface area contributed by atoms with Crippen LogP contribution in [0.4, 0.5) is 0 Å². The van der Waals surface area contributed by atoms with Crippen LogP contribution >= 0.6 is 0 Å². The molecule has 122 valence electrons. The van der Waals surface area contributed by atoms with Gasteiger partial charge in [-0.3, -0.25) is 0 Å². The van der Waals surface area contributed by atoms with Crippen molar-refractivity contribution in [1.82, 2.24) is 0 Å². The van der Waals surface area contributed by atoms with Crippen LogP contribution in [-0.2, 0) is 9.47 Å². The fraction of sp³-hybridized carbons (Fsp3) is 1.00. The first kappa shape index (κ1) is 19.8. The Morgan fingerprint density at radius 2 is 1.40 bits per heavy atom. The van der Waals surface area contributed by atoms with Crippen LogP contribution in [0.2, 0.25) is 0 Å². The molecule has 20 heavy (non-hydrogen) atoms. The van der Waals surface area contributed by atoms with E-state index in [2.05, 4.69) is 27.7 Å². The Bertz CT molecular complexity index is 231. The third kappa shape index (κ3) is 9.70. The monoisotopic (exact) mass is 290 g/mol. The van der Waals surface area contributed by atoms with E-state index in [1.165, 1.54) is 0 Å². The Labute approximate surface area is 124 Å².